The molecule has 0 fully saturated rings. The summed E-state index contributed by atoms with van der Waals surface area (Å²) in [5.41, 5.74) is 0. The fraction of sp³-hybridized carbons (Fsp3) is 0.875. The minimum absolute atomic E-state index is 0.0704. The van der Waals surface area contributed by atoms with E-state index in [1.807, 2.05) is 6.92 Å². The van der Waals surface area contributed by atoms with Gasteiger partial charge in [0.05, 0.1) is 5.92 Å². The van der Waals surface area contributed by atoms with Crippen LogP contribution in [0.4, 0.5) is 0 Å². The van der Waals surface area contributed by atoms with E-state index in [1.54, 1.807) is 13.2 Å². The summed E-state index contributed by atoms with van der Waals surface area (Å²) in [4.78, 5) is 10.4. The number of hydrogen-bond acceptors (Lipinski definition) is 3. The molecular formula is C8H17NO3S. The molecule has 0 aliphatic carbocycles. The second kappa shape index (κ2) is 6.10. The first kappa shape index (κ1) is 12.6. The van der Waals surface area contributed by atoms with Crippen molar-refractivity contribution < 1.29 is 14.1 Å². The van der Waals surface area contributed by atoms with Gasteiger partial charge in [-0.1, -0.05) is 6.92 Å². The molecule has 3 unspecified atom stereocenters. The Morgan fingerprint density at radius 2 is 2.00 bits per heavy atom. The van der Waals surface area contributed by atoms with Crippen molar-refractivity contribution >= 4 is 16.8 Å². The van der Waals surface area contributed by atoms with Crippen LogP contribution in [-0.2, 0) is 15.6 Å². The van der Waals surface area contributed by atoms with Gasteiger partial charge in [0.15, 0.2) is 0 Å². The number of hydrogen-bond donors (Lipinski definition) is 2. The molecule has 0 heterocycles. The third kappa shape index (κ3) is 5.76. The standard InChI is InChI=1S/C8H17NO3S/c1-6(8(10)11)4-9-5-7(2)13(3)12/h6-7,9H,4-5H2,1-3H3,(H,10,11). The molecule has 0 aromatic rings. The highest BCUT2D eigenvalue weighted by molar-refractivity contribution is 7.84. The predicted molar refractivity (Wildman–Crippen MR) is 53.2 cm³/mol. The number of aliphatic carboxylic acids is 1. The van der Waals surface area contributed by atoms with Gasteiger partial charge in [-0.3, -0.25) is 9.00 Å². The van der Waals surface area contributed by atoms with Crippen molar-refractivity contribution in [1.82, 2.24) is 5.32 Å². The van der Waals surface area contributed by atoms with Gasteiger partial charge in [-0.2, -0.15) is 0 Å². The molecule has 0 aliphatic heterocycles. The lowest BCUT2D eigenvalue weighted by Gasteiger charge is -2.11. The topological polar surface area (TPSA) is 66.4 Å². The highest BCUT2D eigenvalue weighted by atomic mass is 32.2. The highest BCUT2D eigenvalue weighted by Gasteiger charge is 2.11. The lowest BCUT2D eigenvalue weighted by molar-refractivity contribution is -0.140. The smallest absolute Gasteiger partial charge is 0.307 e. The van der Waals surface area contributed by atoms with Gasteiger partial charge in [0.2, 0.25) is 0 Å². The van der Waals surface area contributed by atoms with E-state index in [9.17, 15) is 9.00 Å². The zero-order valence-corrected chi connectivity index (χ0v) is 9.06. The van der Waals surface area contributed by atoms with Gasteiger partial charge >= 0.3 is 5.97 Å². The number of rotatable bonds is 6. The molecule has 0 aromatic heterocycles. The summed E-state index contributed by atoms with van der Waals surface area (Å²) in [6.07, 6.45) is 1.65. The Balaban J connectivity index is 3.56. The van der Waals surface area contributed by atoms with E-state index < -0.39 is 22.7 Å². The molecular weight excluding hydrogens is 190 g/mol. The van der Waals surface area contributed by atoms with Crippen molar-refractivity contribution in [3.63, 3.8) is 0 Å². The summed E-state index contributed by atoms with van der Waals surface area (Å²) >= 11 is 0. The Hall–Kier alpha value is -0.420. The average molecular weight is 207 g/mol. The van der Waals surface area contributed by atoms with E-state index in [0.717, 1.165) is 0 Å². The number of nitrogens with one attached hydrogen (secondary N) is 1. The van der Waals surface area contributed by atoms with Crippen molar-refractivity contribution in [2.24, 2.45) is 5.92 Å². The summed E-state index contributed by atoms with van der Waals surface area (Å²) in [7, 11) is -0.846. The van der Waals surface area contributed by atoms with Crippen LogP contribution in [0.15, 0.2) is 0 Å². The second-order valence-corrected chi connectivity index (χ2v) is 5.01. The molecule has 0 spiro atoms. The van der Waals surface area contributed by atoms with Crippen LogP contribution in [0, 0.1) is 5.92 Å². The van der Waals surface area contributed by atoms with Crippen LogP contribution in [-0.4, -0.2) is 39.9 Å². The van der Waals surface area contributed by atoms with Gasteiger partial charge < -0.3 is 10.4 Å². The molecule has 13 heavy (non-hydrogen) atoms. The van der Waals surface area contributed by atoms with Crippen molar-refractivity contribution in [3.05, 3.63) is 0 Å². The largest absolute Gasteiger partial charge is 0.481 e. The van der Waals surface area contributed by atoms with Crippen LogP contribution in [0.5, 0.6) is 0 Å². The van der Waals surface area contributed by atoms with Crippen molar-refractivity contribution in [2.45, 2.75) is 19.1 Å². The molecule has 0 rings (SSSR count). The fourth-order valence-electron chi connectivity index (χ4n) is 0.708. The van der Waals surface area contributed by atoms with Crippen molar-refractivity contribution in [1.29, 1.82) is 0 Å². The summed E-state index contributed by atoms with van der Waals surface area (Å²) < 4.78 is 10.9. The molecule has 3 atom stereocenters. The Morgan fingerprint density at radius 1 is 1.46 bits per heavy atom. The first-order valence-corrected chi connectivity index (χ1v) is 5.83. The second-order valence-electron chi connectivity index (χ2n) is 3.21. The first-order valence-electron chi connectivity index (χ1n) is 4.21. The third-order valence-corrected chi connectivity index (χ3v) is 3.17. The van der Waals surface area contributed by atoms with Gasteiger partial charge in [-0.05, 0) is 6.92 Å². The number of carbonyl (C=O) groups is 1. The van der Waals surface area contributed by atoms with Crippen molar-refractivity contribution in [3.8, 4) is 0 Å². The van der Waals surface area contributed by atoms with E-state index >= 15 is 0 Å². The van der Waals surface area contributed by atoms with Crippen LogP contribution in [0.25, 0.3) is 0 Å². The molecule has 0 aliphatic rings. The molecule has 4 nitrogen and oxygen atoms in total. The molecule has 0 saturated carbocycles. The van der Waals surface area contributed by atoms with Crippen LogP contribution in [0.1, 0.15) is 13.8 Å². The Morgan fingerprint density at radius 3 is 2.38 bits per heavy atom. The van der Waals surface area contributed by atoms with E-state index in [4.69, 9.17) is 5.11 Å². The van der Waals surface area contributed by atoms with Gasteiger partial charge in [0.25, 0.3) is 0 Å². The maximum absolute atomic E-state index is 10.9. The Labute approximate surface area is 81.2 Å². The van der Waals surface area contributed by atoms with E-state index in [-0.39, 0.29) is 5.25 Å². The first-order chi connectivity index (χ1) is 5.95. The molecule has 0 bridgehead atoms. The quantitative estimate of drug-likeness (QED) is 0.646. The summed E-state index contributed by atoms with van der Waals surface area (Å²) in [6.45, 7) is 4.54. The monoisotopic (exact) mass is 207 g/mol. The summed E-state index contributed by atoms with van der Waals surface area (Å²) in [5.74, 6) is -1.20. The number of carboxylic acids is 1. The van der Waals surface area contributed by atoms with Crippen LogP contribution in [0.3, 0.4) is 0 Å². The van der Waals surface area contributed by atoms with Gasteiger partial charge in [-0.25, -0.2) is 0 Å². The molecule has 78 valence electrons. The number of carboxylic acid groups (broad SMARTS) is 1. The van der Waals surface area contributed by atoms with Crippen molar-refractivity contribution in [2.75, 3.05) is 19.3 Å². The van der Waals surface area contributed by atoms with Crippen LogP contribution >= 0.6 is 0 Å². The highest BCUT2D eigenvalue weighted by Crippen LogP contribution is 1.93. The minimum Gasteiger partial charge on any atom is -0.481 e. The van der Waals surface area contributed by atoms with Gasteiger partial charge in [-0.15, -0.1) is 0 Å². The van der Waals surface area contributed by atoms with E-state index in [1.165, 1.54) is 0 Å². The summed E-state index contributed by atoms with van der Waals surface area (Å²) in [5, 5.41) is 11.6. The fourth-order valence-corrected chi connectivity index (χ4v) is 1.06. The maximum Gasteiger partial charge on any atom is 0.307 e. The molecule has 0 radical (unpaired) electrons. The predicted octanol–water partition coefficient (Wildman–Crippen LogP) is 0.0637. The lowest BCUT2D eigenvalue weighted by Crippen LogP contribution is -2.33. The Bertz CT molecular complexity index is 176. The molecule has 0 amide bonds. The minimum atomic E-state index is -0.846. The molecule has 5 heteroatoms. The van der Waals surface area contributed by atoms with Gasteiger partial charge in [0, 0.05) is 35.4 Å². The normalized spacial score (nSPS) is 17.8. The van der Waals surface area contributed by atoms with Crippen LogP contribution < -0.4 is 5.32 Å². The van der Waals surface area contributed by atoms with Gasteiger partial charge in [0.1, 0.15) is 0 Å². The van der Waals surface area contributed by atoms with E-state index in [0.29, 0.717) is 13.1 Å². The molecule has 2 N–H and O–H groups in total. The SMILES string of the molecule is CC(CNCC(C)S(C)=O)C(=O)O. The lowest BCUT2D eigenvalue weighted by atomic mass is 10.2. The van der Waals surface area contributed by atoms with Crippen LogP contribution in [0.2, 0.25) is 0 Å². The Kier molecular flexibility index (Phi) is 5.90. The third-order valence-electron chi connectivity index (χ3n) is 1.87. The zero-order valence-electron chi connectivity index (χ0n) is 8.24. The molecule has 0 aromatic carbocycles. The average Bonchev–Trinajstić information content (AvgIpc) is 2.03. The maximum atomic E-state index is 10.9. The van der Waals surface area contributed by atoms with E-state index in [2.05, 4.69) is 5.32 Å². The zero-order chi connectivity index (χ0) is 10.4. The summed E-state index contributed by atoms with van der Waals surface area (Å²) in [6, 6.07) is 0. The molecule has 0 saturated heterocycles.